The molecule has 0 aliphatic rings. The van der Waals surface area contributed by atoms with Crippen molar-refractivity contribution in [2.75, 3.05) is 6.61 Å². The van der Waals surface area contributed by atoms with Crippen molar-refractivity contribution in [3.63, 3.8) is 0 Å². The molecule has 2 heterocycles. The molecule has 6 heteroatoms. The SMILES string of the molecule is CCOc1ccc(C=C(c2nc3ccccc3s2)c2nc3ccccc3s2)c(O)c1. The van der Waals surface area contributed by atoms with E-state index in [2.05, 4.69) is 12.1 Å². The fraction of sp³-hybridized carbons (Fsp3) is 0.0833. The third-order valence-electron chi connectivity index (χ3n) is 4.66. The summed E-state index contributed by atoms with van der Waals surface area (Å²) in [4.78, 5) is 9.69. The van der Waals surface area contributed by atoms with Crippen molar-refractivity contribution in [3.8, 4) is 11.5 Å². The molecule has 0 aliphatic carbocycles. The molecule has 0 fully saturated rings. The average Bonchev–Trinajstić information content (AvgIpc) is 3.37. The number of thiazole rings is 2. The molecule has 5 aromatic rings. The number of rotatable bonds is 5. The lowest BCUT2D eigenvalue weighted by Gasteiger charge is -2.07. The Morgan fingerprint density at radius 3 is 2.03 bits per heavy atom. The highest BCUT2D eigenvalue weighted by molar-refractivity contribution is 7.22. The van der Waals surface area contributed by atoms with Crippen LogP contribution in [0.3, 0.4) is 0 Å². The fourth-order valence-electron chi connectivity index (χ4n) is 3.25. The Morgan fingerprint density at radius 1 is 0.900 bits per heavy atom. The van der Waals surface area contributed by atoms with E-state index in [4.69, 9.17) is 14.7 Å². The number of para-hydroxylation sites is 2. The summed E-state index contributed by atoms with van der Waals surface area (Å²) in [7, 11) is 0. The minimum atomic E-state index is 0.167. The fourth-order valence-corrected chi connectivity index (χ4v) is 5.28. The average molecular weight is 431 g/mol. The number of hydrogen-bond donors (Lipinski definition) is 1. The van der Waals surface area contributed by atoms with Gasteiger partial charge in [-0.25, -0.2) is 9.97 Å². The van der Waals surface area contributed by atoms with Crippen molar-refractivity contribution < 1.29 is 9.84 Å². The zero-order valence-corrected chi connectivity index (χ0v) is 17.8. The van der Waals surface area contributed by atoms with E-state index in [9.17, 15) is 5.11 Å². The molecular weight excluding hydrogens is 412 g/mol. The van der Waals surface area contributed by atoms with E-state index in [-0.39, 0.29) is 5.75 Å². The van der Waals surface area contributed by atoms with Crippen LogP contribution in [0.25, 0.3) is 32.1 Å². The number of phenols is 1. The highest BCUT2D eigenvalue weighted by Crippen LogP contribution is 2.37. The Hall–Kier alpha value is -3.22. The van der Waals surface area contributed by atoms with Crippen LogP contribution < -0.4 is 4.74 Å². The van der Waals surface area contributed by atoms with Crippen LogP contribution in [0.5, 0.6) is 11.5 Å². The van der Waals surface area contributed by atoms with Crippen LogP contribution in [-0.2, 0) is 0 Å². The van der Waals surface area contributed by atoms with Gasteiger partial charge in [0, 0.05) is 17.2 Å². The molecule has 2 aromatic heterocycles. The van der Waals surface area contributed by atoms with Gasteiger partial charge in [-0.05, 0) is 49.4 Å². The molecule has 0 radical (unpaired) electrons. The van der Waals surface area contributed by atoms with Gasteiger partial charge in [-0.15, -0.1) is 22.7 Å². The zero-order valence-electron chi connectivity index (χ0n) is 16.2. The third kappa shape index (κ3) is 3.56. The van der Waals surface area contributed by atoms with E-state index < -0.39 is 0 Å². The largest absolute Gasteiger partial charge is 0.507 e. The Balaban J connectivity index is 1.68. The normalized spacial score (nSPS) is 11.1. The van der Waals surface area contributed by atoms with E-state index in [0.29, 0.717) is 17.9 Å². The van der Waals surface area contributed by atoms with Gasteiger partial charge in [0.1, 0.15) is 21.5 Å². The standard InChI is InChI=1S/C24H18N2O2S2/c1-2-28-16-12-11-15(20(27)14-16)13-17(23-25-18-7-3-5-9-21(18)29-23)24-26-19-8-4-6-10-22(19)30-24/h3-14,27H,2H2,1H3. The monoisotopic (exact) mass is 430 g/mol. The first kappa shape index (κ1) is 18.8. The summed E-state index contributed by atoms with van der Waals surface area (Å²) in [5.74, 6) is 0.814. The molecule has 0 saturated carbocycles. The minimum absolute atomic E-state index is 0.167. The van der Waals surface area contributed by atoms with E-state index in [1.165, 1.54) is 0 Å². The number of hydrogen-bond acceptors (Lipinski definition) is 6. The van der Waals surface area contributed by atoms with Crippen molar-refractivity contribution >= 4 is 54.8 Å². The highest BCUT2D eigenvalue weighted by atomic mass is 32.1. The molecule has 3 aromatic carbocycles. The number of aromatic hydroxyl groups is 1. The quantitative estimate of drug-likeness (QED) is 0.341. The minimum Gasteiger partial charge on any atom is -0.507 e. The number of aromatic nitrogens is 2. The van der Waals surface area contributed by atoms with Crippen molar-refractivity contribution in [1.29, 1.82) is 0 Å². The summed E-state index contributed by atoms with van der Waals surface area (Å²) in [6.45, 7) is 2.47. The molecule has 0 atom stereocenters. The summed E-state index contributed by atoms with van der Waals surface area (Å²) in [5.41, 5.74) is 3.52. The Morgan fingerprint density at radius 2 is 1.50 bits per heavy atom. The number of phenolic OH excluding ortho intramolecular Hbond substituents is 1. The van der Waals surface area contributed by atoms with Gasteiger partial charge in [-0.1, -0.05) is 24.3 Å². The van der Waals surface area contributed by atoms with Crippen LogP contribution in [-0.4, -0.2) is 21.7 Å². The van der Waals surface area contributed by atoms with Crippen LogP contribution in [0.15, 0.2) is 66.7 Å². The Labute approximate surface area is 181 Å². The third-order valence-corrected chi connectivity index (χ3v) is 6.80. The molecule has 1 N–H and O–H groups in total. The first-order chi connectivity index (χ1) is 14.7. The second-order valence-corrected chi connectivity index (χ2v) is 8.75. The lowest BCUT2D eigenvalue weighted by Crippen LogP contribution is -1.91. The summed E-state index contributed by atoms with van der Waals surface area (Å²) in [6.07, 6.45) is 1.96. The molecule has 0 saturated heterocycles. The Kier molecular flexibility index (Phi) is 4.94. The van der Waals surface area contributed by atoms with Gasteiger partial charge in [-0.2, -0.15) is 0 Å². The maximum atomic E-state index is 10.6. The molecule has 0 unspecified atom stereocenters. The molecule has 4 nitrogen and oxygen atoms in total. The lowest BCUT2D eigenvalue weighted by atomic mass is 10.1. The molecule has 0 aliphatic heterocycles. The van der Waals surface area contributed by atoms with Crippen molar-refractivity contribution in [2.24, 2.45) is 0 Å². The molecule has 5 rings (SSSR count). The molecule has 0 bridgehead atoms. The van der Waals surface area contributed by atoms with Crippen molar-refractivity contribution in [1.82, 2.24) is 9.97 Å². The van der Waals surface area contributed by atoms with Crippen LogP contribution in [0.1, 0.15) is 22.5 Å². The van der Waals surface area contributed by atoms with E-state index >= 15 is 0 Å². The number of benzene rings is 3. The van der Waals surface area contributed by atoms with Crippen LogP contribution in [0.2, 0.25) is 0 Å². The van der Waals surface area contributed by atoms with Gasteiger partial charge < -0.3 is 9.84 Å². The van der Waals surface area contributed by atoms with E-state index in [1.807, 2.05) is 61.5 Å². The van der Waals surface area contributed by atoms with Gasteiger partial charge in [0.25, 0.3) is 0 Å². The van der Waals surface area contributed by atoms with E-state index in [0.717, 1.165) is 36.0 Å². The summed E-state index contributed by atoms with van der Waals surface area (Å²) < 4.78 is 7.74. The second-order valence-electron chi connectivity index (χ2n) is 6.69. The molecule has 0 spiro atoms. The number of fused-ring (bicyclic) bond motifs is 2. The zero-order chi connectivity index (χ0) is 20.5. The topological polar surface area (TPSA) is 55.2 Å². The summed E-state index contributed by atoms with van der Waals surface area (Å²) >= 11 is 3.25. The molecule has 0 amide bonds. The van der Waals surface area contributed by atoms with Crippen LogP contribution in [0, 0.1) is 0 Å². The first-order valence-corrected chi connectivity index (χ1v) is 11.2. The van der Waals surface area contributed by atoms with Gasteiger partial charge in [0.2, 0.25) is 0 Å². The maximum absolute atomic E-state index is 10.6. The predicted octanol–water partition coefficient (Wildman–Crippen LogP) is 6.60. The predicted molar refractivity (Wildman–Crippen MR) is 125 cm³/mol. The lowest BCUT2D eigenvalue weighted by molar-refractivity contribution is 0.337. The van der Waals surface area contributed by atoms with Crippen molar-refractivity contribution in [3.05, 3.63) is 82.3 Å². The van der Waals surface area contributed by atoms with E-state index in [1.54, 1.807) is 28.7 Å². The number of ether oxygens (including phenoxy) is 1. The molecular formula is C24H18N2O2S2. The first-order valence-electron chi connectivity index (χ1n) is 9.60. The van der Waals surface area contributed by atoms with Crippen LogP contribution in [0.4, 0.5) is 0 Å². The van der Waals surface area contributed by atoms with Gasteiger partial charge in [-0.3, -0.25) is 0 Å². The second kappa shape index (κ2) is 7.89. The highest BCUT2D eigenvalue weighted by Gasteiger charge is 2.16. The van der Waals surface area contributed by atoms with Gasteiger partial charge >= 0.3 is 0 Å². The van der Waals surface area contributed by atoms with Gasteiger partial charge in [0.05, 0.1) is 27.0 Å². The summed E-state index contributed by atoms with van der Waals surface area (Å²) in [6, 6.07) is 21.6. The maximum Gasteiger partial charge on any atom is 0.127 e. The molecule has 148 valence electrons. The van der Waals surface area contributed by atoms with Crippen LogP contribution >= 0.6 is 22.7 Å². The number of nitrogens with zero attached hydrogens (tertiary/aromatic N) is 2. The van der Waals surface area contributed by atoms with Crippen molar-refractivity contribution in [2.45, 2.75) is 6.92 Å². The smallest absolute Gasteiger partial charge is 0.127 e. The molecule has 30 heavy (non-hydrogen) atoms. The van der Waals surface area contributed by atoms with Gasteiger partial charge in [0.15, 0.2) is 0 Å². The summed E-state index contributed by atoms with van der Waals surface area (Å²) in [5, 5.41) is 12.3. The Bertz CT molecular complexity index is 1240.